The average molecular weight is 337 g/mol. The zero-order chi connectivity index (χ0) is 13.6. The summed E-state index contributed by atoms with van der Waals surface area (Å²) < 4.78 is 8.33. The quantitative estimate of drug-likeness (QED) is 0.802. The maximum Gasteiger partial charge on any atom is 0.154 e. The number of ether oxygens (including phenoxy) is 1. The van der Waals surface area contributed by atoms with Gasteiger partial charge in [-0.3, -0.25) is 0 Å². The van der Waals surface area contributed by atoms with Gasteiger partial charge in [0.15, 0.2) is 5.65 Å². The third kappa shape index (κ3) is 2.02. The zero-order valence-corrected chi connectivity index (χ0v) is 12.8. The molecule has 2 aromatic rings. The molecule has 2 fully saturated rings. The lowest BCUT2D eigenvalue weighted by Crippen LogP contribution is -2.41. The summed E-state index contributed by atoms with van der Waals surface area (Å²) in [7, 11) is 0. The molecule has 0 bridgehead atoms. The molecule has 0 aliphatic carbocycles. The standard InChI is InChI=1S/C14H17BrN4O/c15-11-9-16-12-1-2-13(17-19(11)12)18-6-3-14(4-7-18)5-8-20-10-14/h1-2,9H,3-8,10H2. The first kappa shape index (κ1) is 12.6. The third-order valence-electron chi connectivity index (χ3n) is 4.64. The molecule has 0 unspecified atom stereocenters. The van der Waals surface area contributed by atoms with E-state index in [1.54, 1.807) is 6.20 Å². The molecule has 2 saturated heterocycles. The van der Waals surface area contributed by atoms with Crippen molar-refractivity contribution < 1.29 is 4.74 Å². The highest BCUT2D eigenvalue weighted by Crippen LogP contribution is 2.39. The first-order valence-corrected chi connectivity index (χ1v) is 7.88. The van der Waals surface area contributed by atoms with Gasteiger partial charge in [0.2, 0.25) is 0 Å². The Morgan fingerprint density at radius 3 is 2.80 bits per heavy atom. The van der Waals surface area contributed by atoms with Crippen molar-refractivity contribution in [1.29, 1.82) is 0 Å². The normalized spacial score (nSPS) is 21.9. The summed E-state index contributed by atoms with van der Waals surface area (Å²) in [5.74, 6) is 1.03. The molecule has 0 radical (unpaired) electrons. The number of rotatable bonds is 1. The van der Waals surface area contributed by atoms with Crippen LogP contribution in [-0.2, 0) is 4.74 Å². The average Bonchev–Trinajstić information content (AvgIpc) is 3.08. The van der Waals surface area contributed by atoms with E-state index in [-0.39, 0.29) is 0 Å². The van der Waals surface area contributed by atoms with Gasteiger partial charge in [0.25, 0.3) is 0 Å². The van der Waals surface area contributed by atoms with Gasteiger partial charge in [-0.25, -0.2) is 9.50 Å². The van der Waals surface area contributed by atoms with E-state index in [4.69, 9.17) is 4.74 Å². The SMILES string of the molecule is Brc1cnc2ccc(N3CCC4(CCOC4)CC3)nn12. The summed E-state index contributed by atoms with van der Waals surface area (Å²) in [5, 5.41) is 4.68. The van der Waals surface area contributed by atoms with Crippen LogP contribution in [0.5, 0.6) is 0 Å². The van der Waals surface area contributed by atoms with Crippen LogP contribution in [0.1, 0.15) is 19.3 Å². The van der Waals surface area contributed by atoms with E-state index in [1.807, 2.05) is 10.6 Å². The fourth-order valence-corrected chi connectivity index (χ4v) is 3.62. The minimum absolute atomic E-state index is 0.441. The number of nitrogens with zero attached hydrogens (tertiary/aromatic N) is 4. The largest absolute Gasteiger partial charge is 0.381 e. The number of fused-ring (bicyclic) bond motifs is 1. The Labute approximate surface area is 126 Å². The molecule has 2 aliphatic rings. The lowest BCUT2D eigenvalue weighted by atomic mass is 9.78. The lowest BCUT2D eigenvalue weighted by Gasteiger charge is -2.38. The van der Waals surface area contributed by atoms with Crippen LogP contribution < -0.4 is 4.90 Å². The maximum atomic E-state index is 5.59. The minimum Gasteiger partial charge on any atom is -0.381 e. The van der Waals surface area contributed by atoms with Crippen molar-refractivity contribution in [3.05, 3.63) is 22.9 Å². The van der Waals surface area contributed by atoms with E-state index in [0.717, 1.165) is 42.4 Å². The monoisotopic (exact) mass is 336 g/mol. The highest BCUT2D eigenvalue weighted by atomic mass is 79.9. The predicted molar refractivity (Wildman–Crippen MR) is 80.0 cm³/mol. The number of anilines is 1. The molecule has 106 valence electrons. The molecule has 1 spiro atoms. The summed E-state index contributed by atoms with van der Waals surface area (Å²) >= 11 is 3.48. The van der Waals surface area contributed by atoms with Crippen molar-refractivity contribution >= 4 is 27.4 Å². The summed E-state index contributed by atoms with van der Waals surface area (Å²) in [6.07, 6.45) is 5.42. The molecule has 0 amide bonds. The van der Waals surface area contributed by atoms with Crippen LogP contribution in [0.2, 0.25) is 0 Å². The molecule has 0 aromatic carbocycles. The van der Waals surface area contributed by atoms with Gasteiger partial charge in [-0.15, -0.1) is 5.10 Å². The van der Waals surface area contributed by atoms with E-state index in [1.165, 1.54) is 19.3 Å². The first-order valence-electron chi connectivity index (χ1n) is 7.09. The Hall–Kier alpha value is -1.14. The van der Waals surface area contributed by atoms with E-state index >= 15 is 0 Å². The highest BCUT2D eigenvalue weighted by Gasteiger charge is 2.38. The topological polar surface area (TPSA) is 42.7 Å². The summed E-state index contributed by atoms with van der Waals surface area (Å²) in [6, 6.07) is 4.09. The molecule has 4 rings (SSSR count). The molecule has 6 heteroatoms. The molecule has 2 aromatic heterocycles. The van der Waals surface area contributed by atoms with Crippen molar-refractivity contribution in [2.75, 3.05) is 31.2 Å². The van der Waals surface area contributed by atoms with Crippen LogP contribution in [0.3, 0.4) is 0 Å². The Morgan fingerprint density at radius 2 is 2.05 bits per heavy atom. The third-order valence-corrected chi connectivity index (χ3v) is 5.18. The zero-order valence-electron chi connectivity index (χ0n) is 11.3. The van der Waals surface area contributed by atoms with Gasteiger partial charge in [0.1, 0.15) is 10.4 Å². The van der Waals surface area contributed by atoms with Crippen molar-refractivity contribution in [3.63, 3.8) is 0 Å². The van der Waals surface area contributed by atoms with E-state index in [9.17, 15) is 0 Å². The van der Waals surface area contributed by atoms with Gasteiger partial charge in [-0.1, -0.05) is 0 Å². The van der Waals surface area contributed by atoms with Gasteiger partial charge in [0.05, 0.1) is 12.8 Å². The second-order valence-corrected chi connectivity index (χ2v) is 6.64. The summed E-state index contributed by atoms with van der Waals surface area (Å²) in [5.41, 5.74) is 1.31. The van der Waals surface area contributed by atoms with E-state index in [2.05, 4.69) is 37.0 Å². The number of hydrogen-bond acceptors (Lipinski definition) is 4. The molecular weight excluding hydrogens is 320 g/mol. The first-order chi connectivity index (χ1) is 9.76. The number of hydrogen-bond donors (Lipinski definition) is 0. The van der Waals surface area contributed by atoms with Crippen LogP contribution in [-0.4, -0.2) is 40.9 Å². The highest BCUT2D eigenvalue weighted by molar-refractivity contribution is 9.10. The fourth-order valence-electron chi connectivity index (χ4n) is 3.26. The smallest absolute Gasteiger partial charge is 0.154 e. The van der Waals surface area contributed by atoms with E-state index < -0.39 is 0 Å². The molecule has 0 saturated carbocycles. The van der Waals surface area contributed by atoms with Gasteiger partial charge < -0.3 is 9.64 Å². The second-order valence-electron chi connectivity index (χ2n) is 5.83. The van der Waals surface area contributed by atoms with Crippen molar-refractivity contribution in [3.8, 4) is 0 Å². The lowest BCUT2D eigenvalue weighted by molar-refractivity contribution is 0.133. The van der Waals surface area contributed by atoms with Crippen molar-refractivity contribution in [2.24, 2.45) is 5.41 Å². The molecule has 20 heavy (non-hydrogen) atoms. The molecule has 2 aliphatic heterocycles. The Kier molecular flexibility index (Phi) is 2.96. The van der Waals surface area contributed by atoms with Crippen molar-refractivity contribution in [2.45, 2.75) is 19.3 Å². The molecule has 5 nitrogen and oxygen atoms in total. The van der Waals surface area contributed by atoms with Crippen molar-refractivity contribution in [1.82, 2.24) is 14.6 Å². The Morgan fingerprint density at radius 1 is 1.20 bits per heavy atom. The second kappa shape index (κ2) is 4.70. The van der Waals surface area contributed by atoms with Crippen LogP contribution in [0.25, 0.3) is 5.65 Å². The van der Waals surface area contributed by atoms with E-state index in [0.29, 0.717) is 5.41 Å². The molecule has 0 atom stereocenters. The number of piperidine rings is 1. The number of halogens is 1. The van der Waals surface area contributed by atoms with Crippen LogP contribution in [0.15, 0.2) is 22.9 Å². The van der Waals surface area contributed by atoms with Gasteiger partial charge in [-0.2, -0.15) is 0 Å². The van der Waals surface area contributed by atoms with Gasteiger partial charge >= 0.3 is 0 Å². The summed E-state index contributed by atoms with van der Waals surface area (Å²) in [6.45, 7) is 4.01. The Bertz CT molecular complexity index is 625. The molecular formula is C14H17BrN4O. The number of imidazole rings is 1. The van der Waals surface area contributed by atoms with Gasteiger partial charge in [-0.05, 0) is 52.7 Å². The predicted octanol–water partition coefficient (Wildman–Crippen LogP) is 2.50. The van der Waals surface area contributed by atoms with Gasteiger partial charge in [0, 0.05) is 19.7 Å². The van der Waals surface area contributed by atoms with Crippen LogP contribution in [0, 0.1) is 5.41 Å². The van der Waals surface area contributed by atoms with Crippen LogP contribution >= 0.6 is 15.9 Å². The summed E-state index contributed by atoms with van der Waals surface area (Å²) in [4.78, 5) is 6.65. The molecule has 0 N–H and O–H groups in total. The minimum atomic E-state index is 0.441. The molecule has 4 heterocycles. The fraction of sp³-hybridized carbons (Fsp3) is 0.571. The Balaban J connectivity index is 1.56. The number of aromatic nitrogens is 3. The van der Waals surface area contributed by atoms with Crippen LogP contribution in [0.4, 0.5) is 5.82 Å². The maximum absolute atomic E-state index is 5.59.